The molecule has 2 rings (SSSR count). The third-order valence-electron chi connectivity index (χ3n) is 3.51. The van der Waals surface area contributed by atoms with Crippen LogP contribution in [0.5, 0.6) is 0 Å². The van der Waals surface area contributed by atoms with Gasteiger partial charge in [0.25, 0.3) is 0 Å². The number of nitrogens with zero attached hydrogens (tertiary/aromatic N) is 2. The summed E-state index contributed by atoms with van der Waals surface area (Å²) in [5.74, 6) is 0. The number of nitriles is 1. The fourth-order valence-corrected chi connectivity index (χ4v) is 2.75. The maximum atomic E-state index is 12.9. The molecule has 1 fully saturated rings. The minimum absolute atomic E-state index is 0.0397. The summed E-state index contributed by atoms with van der Waals surface area (Å²) in [6.07, 6.45) is -4.31. The van der Waals surface area contributed by atoms with Gasteiger partial charge in [-0.2, -0.15) is 18.4 Å². The van der Waals surface area contributed by atoms with Crippen molar-refractivity contribution in [1.29, 1.82) is 5.26 Å². The number of alkyl halides is 3. The molecule has 3 nitrogen and oxygen atoms in total. The van der Waals surface area contributed by atoms with Gasteiger partial charge in [0.15, 0.2) is 0 Å². The van der Waals surface area contributed by atoms with E-state index in [1.807, 2.05) is 4.90 Å². The van der Waals surface area contributed by atoms with Crippen LogP contribution in [0.25, 0.3) is 0 Å². The Balaban J connectivity index is 2.35. The lowest BCUT2D eigenvalue weighted by Gasteiger charge is -2.34. The summed E-state index contributed by atoms with van der Waals surface area (Å²) in [7, 11) is 0. The molecule has 114 valence electrons. The molecular weight excluding hydrogens is 303 g/mol. The standard InChI is InChI=1S/C14H15ClF3N3/c15-12-8-10(7-11(9-12)14(16,17)18)13(1-2-19)21-5-3-20-4-6-21/h7-9,13,20H,1,3-6H2/t13-/m1/s1. The van der Waals surface area contributed by atoms with Gasteiger partial charge in [-0.1, -0.05) is 11.6 Å². The van der Waals surface area contributed by atoms with Crippen molar-refractivity contribution in [3.63, 3.8) is 0 Å². The van der Waals surface area contributed by atoms with Crippen molar-refractivity contribution in [1.82, 2.24) is 10.2 Å². The normalized spacial score (nSPS) is 18.2. The first-order chi connectivity index (χ1) is 9.91. The van der Waals surface area contributed by atoms with Crippen LogP contribution in [-0.4, -0.2) is 31.1 Å². The van der Waals surface area contributed by atoms with E-state index in [1.54, 1.807) is 0 Å². The largest absolute Gasteiger partial charge is 0.416 e. The van der Waals surface area contributed by atoms with Gasteiger partial charge >= 0.3 is 6.18 Å². The maximum absolute atomic E-state index is 12.9. The second-order valence-electron chi connectivity index (χ2n) is 4.94. The number of nitrogens with one attached hydrogen (secondary N) is 1. The van der Waals surface area contributed by atoms with Crippen LogP contribution in [0.1, 0.15) is 23.6 Å². The highest BCUT2D eigenvalue weighted by molar-refractivity contribution is 6.30. The molecule has 0 amide bonds. The van der Waals surface area contributed by atoms with Gasteiger partial charge in [-0.25, -0.2) is 0 Å². The third-order valence-corrected chi connectivity index (χ3v) is 3.73. The second-order valence-corrected chi connectivity index (χ2v) is 5.37. The van der Waals surface area contributed by atoms with Crippen LogP contribution in [0, 0.1) is 11.3 Å². The van der Waals surface area contributed by atoms with E-state index in [4.69, 9.17) is 16.9 Å². The van der Waals surface area contributed by atoms with Crippen LogP contribution in [0.3, 0.4) is 0 Å². The van der Waals surface area contributed by atoms with E-state index < -0.39 is 11.7 Å². The highest BCUT2D eigenvalue weighted by Crippen LogP contribution is 2.35. The predicted molar refractivity (Wildman–Crippen MR) is 73.9 cm³/mol. The molecular formula is C14H15ClF3N3. The van der Waals surface area contributed by atoms with Gasteiger partial charge < -0.3 is 5.32 Å². The Morgan fingerprint density at radius 2 is 1.95 bits per heavy atom. The van der Waals surface area contributed by atoms with Gasteiger partial charge in [0.2, 0.25) is 0 Å². The van der Waals surface area contributed by atoms with Crippen LogP contribution in [0.2, 0.25) is 5.02 Å². The Hall–Kier alpha value is -1.29. The van der Waals surface area contributed by atoms with Crippen molar-refractivity contribution in [3.8, 4) is 6.07 Å². The zero-order valence-corrected chi connectivity index (χ0v) is 12.0. The van der Waals surface area contributed by atoms with E-state index in [0.717, 1.165) is 25.2 Å². The summed E-state index contributed by atoms with van der Waals surface area (Å²) in [4.78, 5) is 2.02. The Bertz CT molecular complexity index is 533. The molecule has 0 unspecified atom stereocenters. The minimum Gasteiger partial charge on any atom is -0.314 e. The zero-order valence-electron chi connectivity index (χ0n) is 11.3. The number of rotatable bonds is 3. The van der Waals surface area contributed by atoms with Gasteiger partial charge in [-0.05, 0) is 23.8 Å². The van der Waals surface area contributed by atoms with Gasteiger partial charge in [0.1, 0.15) is 0 Å². The molecule has 1 N–H and O–H groups in total. The first-order valence-electron chi connectivity index (χ1n) is 6.61. The molecule has 1 atom stereocenters. The quantitative estimate of drug-likeness (QED) is 0.930. The van der Waals surface area contributed by atoms with Crippen LogP contribution in [0.15, 0.2) is 18.2 Å². The van der Waals surface area contributed by atoms with Crippen molar-refractivity contribution in [2.45, 2.75) is 18.6 Å². The predicted octanol–water partition coefficient (Wildman–Crippen LogP) is 3.22. The molecule has 0 radical (unpaired) electrons. The van der Waals surface area contributed by atoms with E-state index >= 15 is 0 Å². The van der Waals surface area contributed by atoms with E-state index in [1.165, 1.54) is 6.07 Å². The third kappa shape index (κ3) is 4.10. The molecule has 1 aromatic rings. The fraction of sp³-hybridized carbons (Fsp3) is 0.500. The molecule has 7 heteroatoms. The summed E-state index contributed by atoms with van der Waals surface area (Å²) < 4.78 is 38.7. The number of halogens is 4. The van der Waals surface area contributed by atoms with Gasteiger partial charge in [-0.15, -0.1) is 0 Å². The Morgan fingerprint density at radius 1 is 1.29 bits per heavy atom. The summed E-state index contributed by atoms with van der Waals surface area (Å²) in [6.45, 7) is 2.91. The first-order valence-corrected chi connectivity index (χ1v) is 6.99. The van der Waals surface area contributed by atoms with Crippen molar-refractivity contribution in [3.05, 3.63) is 34.3 Å². The number of hydrogen-bond donors (Lipinski definition) is 1. The van der Waals surface area contributed by atoms with Gasteiger partial charge in [0.05, 0.1) is 18.1 Å². The van der Waals surface area contributed by atoms with E-state index in [-0.39, 0.29) is 17.5 Å². The smallest absolute Gasteiger partial charge is 0.314 e. The lowest BCUT2D eigenvalue weighted by Crippen LogP contribution is -2.45. The van der Waals surface area contributed by atoms with Crippen LogP contribution in [0.4, 0.5) is 13.2 Å². The number of hydrogen-bond acceptors (Lipinski definition) is 3. The molecule has 1 saturated heterocycles. The van der Waals surface area contributed by atoms with Crippen LogP contribution in [-0.2, 0) is 6.18 Å². The van der Waals surface area contributed by atoms with E-state index in [9.17, 15) is 13.2 Å². The van der Waals surface area contributed by atoms with Gasteiger partial charge in [-0.3, -0.25) is 4.90 Å². The number of benzene rings is 1. The van der Waals surface area contributed by atoms with E-state index in [2.05, 4.69) is 11.4 Å². The summed E-state index contributed by atoms with van der Waals surface area (Å²) in [6, 6.07) is 5.21. The molecule has 21 heavy (non-hydrogen) atoms. The van der Waals surface area contributed by atoms with E-state index in [0.29, 0.717) is 18.7 Å². The Morgan fingerprint density at radius 3 is 2.52 bits per heavy atom. The summed E-state index contributed by atoms with van der Waals surface area (Å²) in [5.41, 5.74) is -0.332. The average Bonchev–Trinajstić information content (AvgIpc) is 2.44. The fourth-order valence-electron chi connectivity index (χ4n) is 2.51. The molecule has 0 aliphatic carbocycles. The lowest BCUT2D eigenvalue weighted by atomic mass is 9.99. The monoisotopic (exact) mass is 317 g/mol. The average molecular weight is 318 g/mol. The van der Waals surface area contributed by atoms with Crippen molar-refractivity contribution in [2.24, 2.45) is 0 Å². The molecule has 1 aliphatic heterocycles. The molecule has 0 aromatic heterocycles. The Kier molecular flexibility index (Phi) is 5.09. The highest BCUT2D eigenvalue weighted by Gasteiger charge is 2.32. The Labute approximate surface area is 126 Å². The van der Waals surface area contributed by atoms with Crippen LogP contribution >= 0.6 is 11.6 Å². The number of piperazine rings is 1. The first kappa shape index (κ1) is 16.1. The maximum Gasteiger partial charge on any atom is 0.416 e. The lowest BCUT2D eigenvalue weighted by molar-refractivity contribution is -0.137. The minimum atomic E-state index is -4.44. The molecule has 0 spiro atoms. The molecule has 1 aromatic carbocycles. The van der Waals surface area contributed by atoms with Crippen LogP contribution < -0.4 is 5.32 Å². The van der Waals surface area contributed by atoms with Crippen molar-refractivity contribution in [2.75, 3.05) is 26.2 Å². The highest BCUT2D eigenvalue weighted by atomic mass is 35.5. The van der Waals surface area contributed by atoms with Crippen molar-refractivity contribution < 1.29 is 13.2 Å². The summed E-state index contributed by atoms with van der Waals surface area (Å²) >= 11 is 5.83. The topological polar surface area (TPSA) is 39.1 Å². The molecule has 0 saturated carbocycles. The molecule has 1 heterocycles. The second kappa shape index (κ2) is 6.65. The SMILES string of the molecule is N#CC[C@H](c1cc(Cl)cc(C(F)(F)F)c1)N1CCNCC1. The van der Waals surface area contributed by atoms with Crippen molar-refractivity contribution >= 4 is 11.6 Å². The molecule has 0 bridgehead atoms. The zero-order chi connectivity index (χ0) is 15.5. The van der Waals surface area contributed by atoms with Gasteiger partial charge in [0, 0.05) is 37.2 Å². The molecule has 1 aliphatic rings. The summed E-state index contributed by atoms with van der Waals surface area (Å²) in [5, 5.41) is 12.2.